The highest BCUT2D eigenvalue weighted by molar-refractivity contribution is 6.30. The van der Waals surface area contributed by atoms with E-state index < -0.39 is 23.6 Å². The Morgan fingerprint density at radius 3 is 2.36 bits per heavy atom. The van der Waals surface area contributed by atoms with Crippen LogP contribution < -0.4 is 5.32 Å². The van der Waals surface area contributed by atoms with E-state index in [0.29, 0.717) is 36.5 Å². The number of carbonyl (C=O) groups excluding carboxylic acids is 2. The van der Waals surface area contributed by atoms with Crippen LogP contribution in [0.4, 0.5) is 18.9 Å². The lowest BCUT2D eigenvalue weighted by molar-refractivity contribution is -0.137. The Labute approximate surface area is 165 Å². The van der Waals surface area contributed by atoms with Crippen LogP contribution in [-0.4, -0.2) is 29.8 Å². The summed E-state index contributed by atoms with van der Waals surface area (Å²) in [6.07, 6.45) is -3.78. The summed E-state index contributed by atoms with van der Waals surface area (Å²) >= 11 is 5.91. The Hall–Kier alpha value is -2.54. The van der Waals surface area contributed by atoms with Crippen LogP contribution in [0.5, 0.6) is 0 Å². The van der Waals surface area contributed by atoms with E-state index >= 15 is 0 Å². The maximum atomic E-state index is 13.1. The van der Waals surface area contributed by atoms with Crippen molar-refractivity contribution in [1.82, 2.24) is 4.90 Å². The molecular weight excluding hydrogens is 393 g/mol. The Morgan fingerprint density at radius 1 is 1.04 bits per heavy atom. The third-order valence-electron chi connectivity index (χ3n) is 4.71. The van der Waals surface area contributed by atoms with Crippen molar-refractivity contribution in [3.63, 3.8) is 0 Å². The number of hydrogen-bond acceptors (Lipinski definition) is 2. The average Bonchev–Trinajstić information content (AvgIpc) is 2.67. The molecule has 1 aliphatic rings. The molecule has 8 heteroatoms. The monoisotopic (exact) mass is 410 g/mol. The van der Waals surface area contributed by atoms with Crippen molar-refractivity contribution in [3.8, 4) is 0 Å². The molecule has 0 atom stereocenters. The molecule has 1 saturated heterocycles. The standard InChI is InChI=1S/C20H18ClF3N2O2/c21-15-5-3-4-14(12-15)19(28)26-10-8-13(9-11-26)18(27)25-17-7-2-1-6-16(17)20(22,23)24/h1-7,12-13H,8-11H2,(H,25,27). The zero-order chi connectivity index (χ0) is 20.3. The molecule has 1 N–H and O–H groups in total. The first-order valence-electron chi connectivity index (χ1n) is 8.77. The maximum absolute atomic E-state index is 13.1. The molecule has 1 aliphatic heterocycles. The van der Waals surface area contributed by atoms with Gasteiger partial charge in [0.15, 0.2) is 0 Å². The summed E-state index contributed by atoms with van der Waals surface area (Å²) in [5.74, 6) is -1.10. The third kappa shape index (κ3) is 4.65. The van der Waals surface area contributed by atoms with Gasteiger partial charge in [-0.15, -0.1) is 0 Å². The molecule has 2 amide bonds. The van der Waals surface area contributed by atoms with Gasteiger partial charge in [-0.1, -0.05) is 29.8 Å². The first kappa shape index (κ1) is 20.2. The molecule has 0 aromatic heterocycles. The van der Waals surface area contributed by atoms with E-state index in [4.69, 9.17) is 11.6 Å². The summed E-state index contributed by atoms with van der Waals surface area (Å²) in [5, 5.41) is 2.85. The highest BCUT2D eigenvalue weighted by Gasteiger charge is 2.34. The SMILES string of the molecule is O=C(Nc1ccccc1C(F)(F)F)C1CCN(C(=O)c2cccc(Cl)c2)CC1. The molecule has 4 nitrogen and oxygen atoms in total. The minimum atomic E-state index is -4.55. The molecule has 2 aromatic rings. The molecule has 0 unspecified atom stereocenters. The van der Waals surface area contributed by atoms with Crippen LogP contribution in [0.25, 0.3) is 0 Å². The van der Waals surface area contributed by atoms with Crippen molar-refractivity contribution in [3.05, 3.63) is 64.7 Å². The number of hydrogen-bond donors (Lipinski definition) is 1. The van der Waals surface area contributed by atoms with Gasteiger partial charge in [-0.3, -0.25) is 9.59 Å². The molecular formula is C20H18ClF3N2O2. The van der Waals surface area contributed by atoms with E-state index in [2.05, 4.69) is 5.32 Å². The summed E-state index contributed by atoms with van der Waals surface area (Å²) in [5.41, 5.74) is -0.663. The lowest BCUT2D eigenvalue weighted by Gasteiger charge is -2.31. The van der Waals surface area contributed by atoms with E-state index in [9.17, 15) is 22.8 Å². The van der Waals surface area contributed by atoms with Crippen molar-refractivity contribution >= 4 is 29.1 Å². The number of amides is 2. The predicted molar refractivity (Wildman–Crippen MR) is 100 cm³/mol. The smallest absolute Gasteiger partial charge is 0.339 e. The van der Waals surface area contributed by atoms with E-state index in [1.54, 1.807) is 29.2 Å². The van der Waals surface area contributed by atoms with Gasteiger partial charge in [0, 0.05) is 29.6 Å². The minimum absolute atomic E-state index is 0.177. The number of carbonyl (C=O) groups is 2. The Morgan fingerprint density at radius 2 is 1.71 bits per heavy atom. The van der Waals surface area contributed by atoms with Gasteiger partial charge in [0.1, 0.15) is 0 Å². The Balaban J connectivity index is 1.61. The fourth-order valence-electron chi connectivity index (χ4n) is 3.22. The predicted octanol–water partition coefficient (Wildman–Crippen LogP) is 4.85. The zero-order valence-electron chi connectivity index (χ0n) is 14.8. The first-order chi connectivity index (χ1) is 13.3. The van der Waals surface area contributed by atoms with Crippen LogP contribution in [0.3, 0.4) is 0 Å². The molecule has 1 heterocycles. The van der Waals surface area contributed by atoms with Crippen molar-refractivity contribution < 1.29 is 22.8 Å². The van der Waals surface area contributed by atoms with Gasteiger partial charge in [-0.2, -0.15) is 13.2 Å². The zero-order valence-corrected chi connectivity index (χ0v) is 15.6. The van der Waals surface area contributed by atoms with Crippen LogP contribution >= 0.6 is 11.6 Å². The van der Waals surface area contributed by atoms with Crippen molar-refractivity contribution in [2.24, 2.45) is 5.92 Å². The maximum Gasteiger partial charge on any atom is 0.418 e. The quantitative estimate of drug-likeness (QED) is 0.786. The van der Waals surface area contributed by atoms with E-state index in [1.807, 2.05) is 0 Å². The number of piperidine rings is 1. The van der Waals surface area contributed by atoms with Crippen LogP contribution in [-0.2, 0) is 11.0 Å². The molecule has 0 saturated carbocycles. The van der Waals surface area contributed by atoms with E-state index in [-0.39, 0.29) is 11.6 Å². The van der Waals surface area contributed by atoms with Crippen LogP contribution in [0.2, 0.25) is 5.02 Å². The number of benzene rings is 2. The van der Waals surface area contributed by atoms with E-state index in [0.717, 1.165) is 6.07 Å². The molecule has 3 rings (SSSR count). The van der Waals surface area contributed by atoms with Crippen molar-refractivity contribution in [1.29, 1.82) is 0 Å². The van der Waals surface area contributed by atoms with Gasteiger partial charge < -0.3 is 10.2 Å². The molecule has 0 aliphatic carbocycles. The number of anilines is 1. The second kappa shape index (κ2) is 8.22. The number of alkyl halides is 3. The minimum Gasteiger partial charge on any atom is -0.339 e. The second-order valence-corrected chi connectivity index (χ2v) is 7.05. The summed E-state index contributed by atoms with van der Waals surface area (Å²) in [7, 11) is 0. The molecule has 0 radical (unpaired) electrons. The lowest BCUT2D eigenvalue weighted by atomic mass is 9.95. The number of nitrogens with one attached hydrogen (secondary N) is 1. The number of halogens is 4. The van der Waals surface area contributed by atoms with Gasteiger partial charge in [0.05, 0.1) is 11.3 Å². The normalized spacial score (nSPS) is 15.4. The summed E-state index contributed by atoms with van der Waals surface area (Å²) in [4.78, 5) is 26.6. The third-order valence-corrected chi connectivity index (χ3v) is 4.95. The van der Waals surface area contributed by atoms with Crippen molar-refractivity contribution in [2.75, 3.05) is 18.4 Å². The van der Waals surface area contributed by atoms with Crippen molar-refractivity contribution in [2.45, 2.75) is 19.0 Å². The average molecular weight is 411 g/mol. The first-order valence-corrected chi connectivity index (χ1v) is 9.15. The number of nitrogens with zero attached hydrogens (tertiary/aromatic N) is 1. The summed E-state index contributed by atoms with van der Waals surface area (Å²) in [6, 6.07) is 11.5. The van der Waals surface area contributed by atoms with Gasteiger partial charge in [-0.25, -0.2) is 0 Å². The van der Waals surface area contributed by atoms with Crippen LogP contribution in [0.15, 0.2) is 48.5 Å². The van der Waals surface area contributed by atoms with Gasteiger partial charge in [-0.05, 0) is 43.2 Å². The van der Waals surface area contributed by atoms with Gasteiger partial charge in [0.25, 0.3) is 5.91 Å². The molecule has 0 spiro atoms. The van der Waals surface area contributed by atoms with Crippen LogP contribution in [0, 0.1) is 5.92 Å². The summed E-state index contributed by atoms with van der Waals surface area (Å²) < 4.78 is 39.2. The topological polar surface area (TPSA) is 49.4 Å². The summed E-state index contributed by atoms with van der Waals surface area (Å²) in [6.45, 7) is 0.703. The number of para-hydroxylation sites is 1. The lowest BCUT2D eigenvalue weighted by Crippen LogP contribution is -2.41. The molecule has 28 heavy (non-hydrogen) atoms. The largest absolute Gasteiger partial charge is 0.418 e. The van der Waals surface area contributed by atoms with Gasteiger partial charge in [0.2, 0.25) is 5.91 Å². The van der Waals surface area contributed by atoms with Crippen LogP contribution in [0.1, 0.15) is 28.8 Å². The fraction of sp³-hybridized carbons (Fsp3) is 0.300. The molecule has 148 valence electrons. The molecule has 1 fully saturated rings. The second-order valence-electron chi connectivity index (χ2n) is 6.61. The highest BCUT2D eigenvalue weighted by Crippen LogP contribution is 2.35. The highest BCUT2D eigenvalue weighted by atomic mass is 35.5. The van der Waals surface area contributed by atoms with Gasteiger partial charge >= 0.3 is 6.18 Å². The number of rotatable bonds is 3. The van der Waals surface area contributed by atoms with E-state index in [1.165, 1.54) is 18.2 Å². The molecule has 0 bridgehead atoms. The Bertz CT molecular complexity index is 878. The molecule has 2 aromatic carbocycles. The number of likely N-dealkylation sites (tertiary alicyclic amines) is 1. The fourth-order valence-corrected chi connectivity index (χ4v) is 3.41. The Kier molecular flexibility index (Phi) is 5.93.